The molecule has 0 unspecified atom stereocenters. The second-order valence-corrected chi connectivity index (χ2v) is 6.42. The Labute approximate surface area is 148 Å². The van der Waals surface area contributed by atoms with Crippen molar-refractivity contribution in [3.05, 3.63) is 64.6 Å². The number of nitrogens with zero attached hydrogens (tertiary/aromatic N) is 1. The summed E-state index contributed by atoms with van der Waals surface area (Å²) in [7, 11) is 0. The number of amides is 1. The SMILES string of the molecule is O=C(NCCS)c1cc(-c2ccccc2)nc2cc(Br)ccc12. The molecule has 3 nitrogen and oxygen atoms in total. The van der Waals surface area contributed by atoms with Crippen LogP contribution in [-0.2, 0) is 0 Å². The summed E-state index contributed by atoms with van der Waals surface area (Å²) in [5.74, 6) is 0.497. The van der Waals surface area contributed by atoms with Crippen molar-refractivity contribution in [1.29, 1.82) is 0 Å². The topological polar surface area (TPSA) is 42.0 Å². The molecule has 0 spiro atoms. The maximum Gasteiger partial charge on any atom is 0.252 e. The van der Waals surface area contributed by atoms with Gasteiger partial charge < -0.3 is 5.32 Å². The molecule has 116 valence electrons. The first-order chi connectivity index (χ1) is 11.2. The van der Waals surface area contributed by atoms with Crippen molar-refractivity contribution in [1.82, 2.24) is 10.3 Å². The van der Waals surface area contributed by atoms with Crippen LogP contribution in [-0.4, -0.2) is 23.2 Å². The molecule has 0 saturated carbocycles. The summed E-state index contributed by atoms with van der Waals surface area (Å²) in [4.78, 5) is 17.2. The fraction of sp³-hybridized carbons (Fsp3) is 0.111. The third-order valence-electron chi connectivity index (χ3n) is 3.48. The molecule has 2 aromatic carbocycles. The lowest BCUT2D eigenvalue weighted by molar-refractivity contribution is 0.0958. The maximum absolute atomic E-state index is 12.5. The van der Waals surface area contributed by atoms with E-state index in [1.165, 1.54) is 0 Å². The standard InChI is InChI=1S/C18H15BrN2OS/c19-13-6-7-14-15(18(22)20-8-9-23)11-16(21-17(14)10-13)12-4-2-1-3-5-12/h1-7,10-11,23H,8-9H2,(H,20,22). The van der Waals surface area contributed by atoms with E-state index in [0.717, 1.165) is 26.6 Å². The summed E-state index contributed by atoms with van der Waals surface area (Å²) in [6.07, 6.45) is 0. The molecule has 1 amide bonds. The van der Waals surface area contributed by atoms with Gasteiger partial charge in [0.05, 0.1) is 16.8 Å². The molecule has 5 heteroatoms. The number of benzene rings is 2. The maximum atomic E-state index is 12.5. The lowest BCUT2D eigenvalue weighted by Gasteiger charge is -2.10. The van der Waals surface area contributed by atoms with Gasteiger partial charge in [-0.25, -0.2) is 4.98 Å². The van der Waals surface area contributed by atoms with Crippen LogP contribution in [0.25, 0.3) is 22.2 Å². The minimum absolute atomic E-state index is 0.106. The predicted octanol–water partition coefficient (Wildman–Crippen LogP) is 4.32. The number of pyridine rings is 1. The van der Waals surface area contributed by atoms with E-state index in [9.17, 15) is 4.79 Å². The van der Waals surface area contributed by atoms with Gasteiger partial charge in [0.25, 0.3) is 5.91 Å². The van der Waals surface area contributed by atoms with Crippen LogP contribution in [0, 0.1) is 0 Å². The molecule has 0 aliphatic rings. The fourth-order valence-corrected chi connectivity index (χ4v) is 2.87. The molecule has 1 aromatic heterocycles. The van der Waals surface area contributed by atoms with Crippen molar-refractivity contribution in [2.24, 2.45) is 0 Å². The third kappa shape index (κ3) is 3.57. The van der Waals surface area contributed by atoms with Gasteiger partial charge in [-0.1, -0.05) is 52.3 Å². The van der Waals surface area contributed by atoms with Gasteiger partial charge >= 0.3 is 0 Å². The zero-order valence-electron chi connectivity index (χ0n) is 12.3. The summed E-state index contributed by atoms with van der Waals surface area (Å²) in [5, 5.41) is 3.72. The molecule has 0 aliphatic heterocycles. The smallest absolute Gasteiger partial charge is 0.252 e. The quantitative estimate of drug-likeness (QED) is 0.655. The van der Waals surface area contributed by atoms with Gasteiger partial charge in [-0.15, -0.1) is 0 Å². The van der Waals surface area contributed by atoms with Crippen molar-refractivity contribution < 1.29 is 4.79 Å². The monoisotopic (exact) mass is 386 g/mol. The largest absolute Gasteiger partial charge is 0.351 e. The van der Waals surface area contributed by atoms with E-state index >= 15 is 0 Å². The number of carbonyl (C=O) groups excluding carboxylic acids is 1. The molecule has 0 atom stereocenters. The van der Waals surface area contributed by atoms with E-state index in [1.807, 2.05) is 54.6 Å². The molecule has 1 heterocycles. The zero-order valence-corrected chi connectivity index (χ0v) is 14.8. The molecule has 3 aromatic rings. The molecule has 1 N–H and O–H groups in total. The Morgan fingerprint density at radius 3 is 2.65 bits per heavy atom. The number of carbonyl (C=O) groups is 1. The fourth-order valence-electron chi connectivity index (χ4n) is 2.41. The van der Waals surface area contributed by atoms with E-state index in [-0.39, 0.29) is 5.91 Å². The molecule has 3 rings (SSSR count). The van der Waals surface area contributed by atoms with Crippen LogP contribution in [0.4, 0.5) is 0 Å². The number of aromatic nitrogens is 1. The first-order valence-electron chi connectivity index (χ1n) is 7.24. The van der Waals surface area contributed by atoms with E-state index in [4.69, 9.17) is 4.98 Å². The highest BCUT2D eigenvalue weighted by Gasteiger charge is 2.13. The van der Waals surface area contributed by atoms with Gasteiger partial charge in [0.15, 0.2) is 0 Å². The van der Waals surface area contributed by atoms with Gasteiger partial charge in [-0.2, -0.15) is 12.6 Å². The second kappa shape index (κ2) is 7.15. The Bertz CT molecular complexity index is 852. The first-order valence-corrected chi connectivity index (χ1v) is 8.66. The van der Waals surface area contributed by atoms with Crippen molar-refractivity contribution in [2.75, 3.05) is 12.3 Å². The summed E-state index contributed by atoms with van der Waals surface area (Å²) < 4.78 is 0.935. The van der Waals surface area contributed by atoms with Gasteiger partial charge in [0.1, 0.15) is 0 Å². The summed E-state index contributed by atoms with van der Waals surface area (Å²) >= 11 is 7.60. The van der Waals surface area contributed by atoms with Crippen LogP contribution in [0.5, 0.6) is 0 Å². The molecule has 23 heavy (non-hydrogen) atoms. The van der Waals surface area contributed by atoms with Crippen LogP contribution < -0.4 is 5.32 Å². The highest BCUT2D eigenvalue weighted by atomic mass is 79.9. The van der Waals surface area contributed by atoms with Crippen molar-refractivity contribution in [3.8, 4) is 11.3 Å². The molecule has 0 fully saturated rings. The third-order valence-corrected chi connectivity index (χ3v) is 4.20. The van der Waals surface area contributed by atoms with Gasteiger partial charge in [0.2, 0.25) is 0 Å². The Morgan fingerprint density at radius 2 is 1.91 bits per heavy atom. The number of hydrogen-bond donors (Lipinski definition) is 2. The van der Waals surface area contributed by atoms with Crippen molar-refractivity contribution in [2.45, 2.75) is 0 Å². The number of rotatable bonds is 4. The predicted molar refractivity (Wildman–Crippen MR) is 101 cm³/mol. The average Bonchev–Trinajstić information content (AvgIpc) is 2.59. The molecular weight excluding hydrogens is 372 g/mol. The first kappa shape index (κ1) is 16.0. The molecule has 0 radical (unpaired) electrons. The summed E-state index contributed by atoms with van der Waals surface area (Å²) in [6.45, 7) is 0.531. The highest BCUT2D eigenvalue weighted by molar-refractivity contribution is 9.10. The number of hydrogen-bond acceptors (Lipinski definition) is 3. The minimum Gasteiger partial charge on any atom is -0.351 e. The van der Waals surface area contributed by atoms with Crippen LogP contribution in [0.1, 0.15) is 10.4 Å². The van der Waals surface area contributed by atoms with Gasteiger partial charge in [-0.05, 0) is 18.2 Å². The average molecular weight is 387 g/mol. The van der Waals surface area contributed by atoms with Gasteiger partial charge in [-0.3, -0.25) is 4.79 Å². The number of halogens is 1. The second-order valence-electron chi connectivity index (χ2n) is 5.06. The lowest BCUT2D eigenvalue weighted by atomic mass is 10.0. The highest BCUT2D eigenvalue weighted by Crippen LogP contribution is 2.27. The molecule has 0 saturated heterocycles. The van der Waals surface area contributed by atoms with Crippen LogP contribution >= 0.6 is 28.6 Å². The van der Waals surface area contributed by atoms with Gasteiger partial charge in [0, 0.05) is 27.7 Å². The summed E-state index contributed by atoms with van der Waals surface area (Å²) in [5.41, 5.74) is 3.18. The molecular formula is C18H15BrN2OS. The van der Waals surface area contributed by atoms with Crippen LogP contribution in [0.2, 0.25) is 0 Å². The van der Waals surface area contributed by atoms with E-state index < -0.39 is 0 Å². The van der Waals surface area contributed by atoms with E-state index in [1.54, 1.807) is 0 Å². The lowest BCUT2D eigenvalue weighted by Crippen LogP contribution is -2.25. The normalized spacial score (nSPS) is 10.7. The van der Waals surface area contributed by atoms with Crippen molar-refractivity contribution in [3.63, 3.8) is 0 Å². The van der Waals surface area contributed by atoms with Crippen LogP contribution in [0.15, 0.2) is 59.1 Å². The number of thiol groups is 1. The Balaban J connectivity index is 2.18. The molecule has 0 aliphatic carbocycles. The van der Waals surface area contributed by atoms with Crippen LogP contribution in [0.3, 0.4) is 0 Å². The minimum atomic E-state index is -0.106. The zero-order chi connectivity index (χ0) is 16.2. The Kier molecular flexibility index (Phi) is 4.98. The Morgan fingerprint density at radius 1 is 1.13 bits per heavy atom. The summed E-state index contributed by atoms with van der Waals surface area (Å²) in [6, 6.07) is 17.5. The number of nitrogens with one attached hydrogen (secondary N) is 1. The van der Waals surface area contributed by atoms with Crippen molar-refractivity contribution >= 4 is 45.4 Å². The van der Waals surface area contributed by atoms with E-state index in [0.29, 0.717) is 17.9 Å². The molecule has 0 bridgehead atoms. The number of fused-ring (bicyclic) bond motifs is 1. The van der Waals surface area contributed by atoms with E-state index in [2.05, 4.69) is 33.9 Å². The Hall–Kier alpha value is -1.85.